The average molecular weight is 451 g/mol. The predicted octanol–water partition coefficient (Wildman–Crippen LogP) is 3.81. The van der Waals surface area contributed by atoms with Crippen molar-refractivity contribution in [3.05, 3.63) is 70.0 Å². The Morgan fingerprint density at radius 1 is 1.12 bits per heavy atom. The Balaban J connectivity index is 1.55. The van der Waals surface area contributed by atoms with E-state index in [2.05, 4.69) is 31.1 Å². The molecule has 4 rings (SSSR count). The first-order chi connectivity index (χ1) is 15.4. The van der Waals surface area contributed by atoms with Crippen molar-refractivity contribution in [2.24, 2.45) is 0 Å². The molecule has 12 heteroatoms. The number of hydrogen-bond donors (Lipinski definition) is 3. The molecule has 2 aromatic carbocycles. The number of hydrazine groups is 1. The molecule has 2 aromatic heterocycles. The average Bonchev–Trinajstić information content (AvgIpc) is 3.18. The van der Waals surface area contributed by atoms with Gasteiger partial charge in [0.05, 0.1) is 22.2 Å². The highest BCUT2D eigenvalue weighted by Gasteiger charge is 2.24. The third-order valence-electron chi connectivity index (χ3n) is 4.42. The Morgan fingerprint density at radius 2 is 1.88 bits per heavy atom. The molecule has 0 radical (unpaired) electrons. The molecule has 0 fully saturated rings. The molecule has 162 valence electrons. The molecule has 0 aliphatic carbocycles. The van der Waals surface area contributed by atoms with Crippen molar-refractivity contribution in [1.29, 1.82) is 0 Å². The molecule has 0 atom stereocenters. The monoisotopic (exact) mass is 451 g/mol. The second-order valence-electron chi connectivity index (χ2n) is 6.60. The normalized spacial score (nSPS) is 10.6. The summed E-state index contributed by atoms with van der Waals surface area (Å²) in [5.74, 6) is -0.133. The second-order valence-corrected chi connectivity index (χ2v) is 7.63. The van der Waals surface area contributed by atoms with Crippen LogP contribution in [0.1, 0.15) is 15.9 Å². The summed E-state index contributed by atoms with van der Waals surface area (Å²) in [6, 6.07) is 12.2. The first-order valence-corrected chi connectivity index (χ1v) is 10.1. The van der Waals surface area contributed by atoms with Gasteiger partial charge < -0.3 is 10.1 Å². The Hall–Kier alpha value is -4.32. The van der Waals surface area contributed by atoms with Crippen LogP contribution in [0.15, 0.2) is 48.8 Å². The van der Waals surface area contributed by atoms with Crippen LogP contribution in [0, 0.1) is 17.0 Å². The van der Waals surface area contributed by atoms with E-state index in [1.54, 1.807) is 24.3 Å². The number of benzene rings is 2. The summed E-state index contributed by atoms with van der Waals surface area (Å²) >= 11 is 1.35. The molecule has 0 unspecified atom stereocenters. The number of nitrogens with zero attached hydrogens (tertiary/aromatic N) is 4. The molecule has 1 amide bonds. The van der Waals surface area contributed by atoms with Crippen molar-refractivity contribution in [3.63, 3.8) is 0 Å². The van der Waals surface area contributed by atoms with Gasteiger partial charge >= 0.3 is 5.69 Å². The molecule has 2 heterocycles. The van der Waals surface area contributed by atoms with Crippen LogP contribution in [0.4, 0.5) is 22.5 Å². The summed E-state index contributed by atoms with van der Waals surface area (Å²) in [6.07, 6.45) is 1.15. The molecule has 3 N–H and O–H groups in total. The maximum Gasteiger partial charge on any atom is 0.355 e. The lowest BCUT2D eigenvalue weighted by Gasteiger charge is -2.10. The number of amides is 1. The Morgan fingerprint density at radius 3 is 2.59 bits per heavy atom. The molecule has 0 aliphatic rings. The maximum absolute atomic E-state index is 12.3. The lowest BCUT2D eigenvalue weighted by atomic mass is 10.2. The van der Waals surface area contributed by atoms with Crippen molar-refractivity contribution < 1.29 is 14.5 Å². The summed E-state index contributed by atoms with van der Waals surface area (Å²) in [4.78, 5) is 35.8. The van der Waals surface area contributed by atoms with Gasteiger partial charge in [-0.15, -0.1) is 0 Å². The number of nitro groups is 1. The number of ether oxygens (including phenoxy) is 1. The van der Waals surface area contributed by atoms with Gasteiger partial charge in [0, 0.05) is 5.56 Å². The van der Waals surface area contributed by atoms with Crippen LogP contribution in [0.5, 0.6) is 5.75 Å². The van der Waals surface area contributed by atoms with Gasteiger partial charge in [-0.25, -0.2) is 15.0 Å². The number of carbonyl (C=O) groups excluding carboxylic acids is 1. The zero-order valence-electron chi connectivity index (χ0n) is 16.9. The minimum atomic E-state index is -0.637. The third-order valence-corrected chi connectivity index (χ3v) is 5.35. The smallest absolute Gasteiger partial charge is 0.355 e. The predicted molar refractivity (Wildman–Crippen MR) is 120 cm³/mol. The number of nitrogens with one attached hydrogen (secondary N) is 3. The van der Waals surface area contributed by atoms with E-state index in [-0.39, 0.29) is 11.6 Å². The SMILES string of the molecule is COc1ccc(C(=O)NNc2ncnc(Nc3nc4ccc(C)cc4s3)c2[N+](=O)[O-])cc1. The molecule has 0 spiro atoms. The highest BCUT2D eigenvalue weighted by atomic mass is 32.1. The Kier molecular flexibility index (Phi) is 5.77. The number of hydrogen-bond acceptors (Lipinski definition) is 10. The van der Waals surface area contributed by atoms with E-state index in [0.717, 1.165) is 22.1 Å². The van der Waals surface area contributed by atoms with Crippen molar-refractivity contribution in [1.82, 2.24) is 20.4 Å². The topological polar surface area (TPSA) is 144 Å². The number of carbonyl (C=O) groups is 1. The van der Waals surface area contributed by atoms with Gasteiger partial charge in [0.15, 0.2) is 5.13 Å². The molecular weight excluding hydrogens is 434 g/mol. The minimum absolute atomic E-state index is 0.0537. The summed E-state index contributed by atoms with van der Waals surface area (Å²) in [6.45, 7) is 1.97. The zero-order valence-corrected chi connectivity index (χ0v) is 17.8. The van der Waals surface area contributed by atoms with E-state index in [9.17, 15) is 14.9 Å². The Bertz CT molecular complexity index is 1310. The molecular formula is C20H17N7O4S. The Labute approximate surface area is 185 Å². The van der Waals surface area contributed by atoms with Crippen LogP contribution >= 0.6 is 11.3 Å². The van der Waals surface area contributed by atoms with Gasteiger partial charge in [0.1, 0.15) is 12.1 Å². The van der Waals surface area contributed by atoms with Crippen molar-refractivity contribution >= 4 is 49.9 Å². The van der Waals surface area contributed by atoms with E-state index in [4.69, 9.17) is 4.74 Å². The van der Waals surface area contributed by atoms with Crippen LogP contribution in [-0.2, 0) is 0 Å². The van der Waals surface area contributed by atoms with E-state index in [1.165, 1.54) is 18.4 Å². The maximum atomic E-state index is 12.3. The quantitative estimate of drug-likeness (QED) is 0.282. The number of aryl methyl sites for hydroxylation is 1. The van der Waals surface area contributed by atoms with Crippen LogP contribution in [0.3, 0.4) is 0 Å². The highest BCUT2D eigenvalue weighted by molar-refractivity contribution is 7.22. The van der Waals surface area contributed by atoms with Crippen LogP contribution < -0.4 is 20.9 Å². The van der Waals surface area contributed by atoms with Crippen molar-refractivity contribution in [3.8, 4) is 5.75 Å². The second kappa shape index (κ2) is 8.81. The lowest BCUT2D eigenvalue weighted by molar-refractivity contribution is -0.383. The molecule has 0 saturated heterocycles. The number of thiazole rings is 1. The zero-order chi connectivity index (χ0) is 22.7. The van der Waals surface area contributed by atoms with E-state index >= 15 is 0 Å². The number of anilines is 3. The molecule has 0 aliphatic heterocycles. The summed E-state index contributed by atoms with van der Waals surface area (Å²) in [7, 11) is 1.52. The van der Waals surface area contributed by atoms with Gasteiger partial charge in [-0.3, -0.25) is 25.8 Å². The summed E-state index contributed by atoms with van der Waals surface area (Å²) < 4.78 is 6.00. The molecule has 4 aromatic rings. The van der Waals surface area contributed by atoms with Gasteiger partial charge in [-0.1, -0.05) is 17.4 Å². The highest BCUT2D eigenvalue weighted by Crippen LogP contribution is 2.34. The molecule has 0 bridgehead atoms. The largest absolute Gasteiger partial charge is 0.497 e. The fourth-order valence-corrected chi connectivity index (χ4v) is 3.81. The first-order valence-electron chi connectivity index (χ1n) is 9.28. The van der Waals surface area contributed by atoms with Crippen LogP contribution in [-0.4, -0.2) is 32.9 Å². The number of fused-ring (bicyclic) bond motifs is 1. The molecule has 0 saturated carbocycles. The number of aromatic nitrogens is 3. The standard InChI is InChI=1S/C20H17N7O4S/c1-11-3-8-14-15(9-11)32-20(23-14)24-17-16(27(29)30)18(22-10-21-17)25-26-19(28)12-4-6-13(31-2)7-5-12/h3-10H,1-2H3,(H,26,28)(H2,21,22,23,24,25). The van der Waals surface area contributed by atoms with Crippen molar-refractivity contribution in [2.75, 3.05) is 17.9 Å². The van der Waals surface area contributed by atoms with E-state index in [1.807, 2.05) is 25.1 Å². The van der Waals surface area contributed by atoms with Crippen LogP contribution in [0.25, 0.3) is 10.2 Å². The lowest BCUT2D eigenvalue weighted by Crippen LogP contribution is -2.30. The van der Waals surface area contributed by atoms with Gasteiger partial charge in [-0.2, -0.15) is 0 Å². The van der Waals surface area contributed by atoms with E-state index < -0.39 is 16.5 Å². The number of rotatable bonds is 7. The van der Waals surface area contributed by atoms with Crippen LogP contribution in [0.2, 0.25) is 0 Å². The van der Waals surface area contributed by atoms with Crippen molar-refractivity contribution in [2.45, 2.75) is 6.92 Å². The summed E-state index contributed by atoms with van der Waals surface area (Å²) in [5, 5.41) is 15.1. The first kappa shape index (κ1) is 20.9. The number of methoxy groups -OCH3 is 1. The molecule has 11 nitrogen and oxygen atoms in total. The van der Waals surface area contributed by atoms with E-state index in [0.29, 0.717) is 16.4 Å². The van der Waals surface area contributed by atoms with Gasteiger partial charge in [0.2, 0.25) is 11.6 Å². The fourth-order valence-electron chi connectivity index (χ4n) is 2.85. The van der Waals surface area contributed by atoms with Gasteiger partial charge in [-0.05, 0) is 48.9 Å². The fraction of sp³-hybridized carbons (Fsp3) is 0.100. The van der Waals surface area contributed by atoms with Gasteiger partial charge in [0.25, 0.3) is 5.91 Å². The third kappa shape index (κ3) is 4.39. The minimum Gasteiger partial charge on any atom is -0.497 e. The molecule has 32 heavy (non-hydrogen) atoms. The summed E-state index contributed by atoms with van der Waals surface area (Å²) in [5.41, 5.74) is 6.65.